The molecule has 0 saturated carbocycles. The maximum Gasteiger partial charge on any atom is 0.226 e. The van der Waals surface area contributed by atoms with Crippen LogP contribution >= 0.6 is 11.8 Å². The standard InChI is InChI=1S/C9H10N4OS/c1-6-12-13-9(14-6)5-15-8-2-3-11-4-7(8)10/h2-4H,5,10H2,1H3. The van der Waals surface area contributed by atoms with Crippen LogP contribution in [-0.4, -0.2) is 15.2 Å². The van der Waals surface area contributed by atoms with Gasteiger partial charge in [0.25, 0.3) is 0 Å². The lowest BCUT2D eigenvalue weighted by molar-refractivity contribution is 0.485. The fourth-order valence-corrected chi connectivity index (χ4v) is 1.83. The average Bonchev–Trinajstić information content (AvgIpc) is 2.63. The zero-order valence-corrected chi connectivity index (χ0v) is 8.99. The van der Waals surface area contributed by atoms with Gasteiger partial charge < -0.3 is 10.2 Å². The highest BCUT2D eigenvalue weighted by Gasteiger charge is 2.05. The fraction of sp³-hybridized carbons (Fsp3) is 0.222. The summed E-state index contributed by atoms with van der Waals surface area (Å²) in [6, 6.07) is 1.86. The maximum atomic E-state index is 5.74. The summed E-state index contributed by atoms with van der Waals surface area (Å²) in [7, 11) is 0. The third-order valence-electron chi connectivity index (χ3n) is 1.73. The molecular formula is C9H10N4OS. The normalized spacial score (nSPS) is 10.5. The zero-order valence-electron chi connectivity index (χ0n) is 8.17. The van der Waals surface area contributed by atoms with Gasteiger partial charge in [0, 0.05) is 18.0 Å². The van der Waals surface area contributed by atoms with Crippen LogP contribution in [0.4, 0.5) is 5.69 Å². The van der Waals surface area contributed by atoms with E-state index >= 15 is 0 Å². The highest BCUT2D eigenvalue weighted by molar-refractivity contribution is 7.98. The number of hydrogen-bond acceptors (Lipinski definition) is 6. The maximum absolute atomic E-state index is 5.74. The number of anilines is 1. The third-order valence-corrected chi connectivity index (χ3v) is 2.80. The first-order valence-corrected chi connectivity index (χ1v) is 5.35. The first-order valence-electron chi connectivity index (χ1n) is 4.37. The number of aryl methyl sites for hydroxylation is 1. The van der Waals surface area contributed by atoms with Gasteiger partial charge in [0.2, 0.25) is 11.8 Å². The minimum absolute atomic E-state index is 0.577. The van der Waals surface area contributed by atoms with Crippen molar-refractivity contribution >= 4 is 17.4 Å². The van der Waals surface area contributed by atoms with Crippen LogP contribution in [-0.2, 0) is 5.75 Å². The van der Waals surface area contributed by atoms with E-state index in [2.05, 4.69) is 15.2 Å². The zero-order chi connectivity index (χ0) is 10.7. The number of pyridine rings is 1. The van der Waals surface area contributed by atoms with Crippen LogP contribution in [0, 0.1) is 6.92 Å². The monoisotopic (exact) mass is 222 g/mol. The summed E-state index contributed by atoms with van der Waals surface area (Å²) in [6.07, 6.45) is 3.33. The molecule has 2 heterocycles. The molecule has 0 aliphatic rings. The highest BCUT2D eigenvalue weighted by atomic mass is 32.2. The smallest absolute Gasteiger partial charge is 0.226 e. The van der Waals surface area contributed by atoms with E-state index in [1.54, 1.807) is 31.1 Å². The van der Waals surface area contributed by atoms with Gasteiger partial charge in [0.15, 0.2) is 0 Å². The molecule has 0 aliphatic carbocycles. The Balaban J connectivity index is 2.02. The molecule has 0 unspecified atom stereocenters. The number of nitrogens with zero attached hydrogens (tertiary/aromatic N) is 3. The van der Waals surface area contributed by atoms with Gasteiger partial charge in [-0.3, -0.25) is 4.98 Å². The van der Waals surface area contributed by atoms with Gasteiger partial charge in [-0.05, 0) is 6.07 Å². The van der Waals surface area contributed by atoms with E-state index in [-0.39, 0.29) is 0 Å². The molecule has 0 saturated heterocycles. The van der Waals surface area contributed by atoms with Crippen LogP contribution in [0.2, 0.25) is 0 Å². The molecule has 2 aromatic rings. The summed E-state index contributed by atoms with van der Waals surface area (Å²) >= 11 is 1.55. The molecule has 2 aromatic heterocycles. The Bertz CT molecular complexity index is 457. The van der Waals surface area contributed by atoms with Gasteiger partial charge >= 0.3 is 0 Å². The first kappa shape index (κ1) is 9.97. The number of thioether (sulfide) groups is 1. The van der Waals surface area contributed by atoms with Crippen LogP contribution in [0.5, 0.6) is 0 Å². The summed E-state index contributed by atoms with van der Waals surface area (Å²) < 4.78 is 5.25. The summed E-state index contributed by atoms with van der Waals surface area (Å²) in [5.74, 6) is 1.80. The third kappa shape index (κ3) is 2.47. The van der Waals surface area contributed by atoms with Gasteiger partial charge in [-0.2, -0.15) is 0 Å². The lowest BCUT2D eigenvalue weighted by Gasteiger charge is -2.01. The summed E-state index contributed by atoms with van der Waals surface area (Å²) in [4.78, 5) is 4.89. The molecular weight excluding hydrogens is 212 g/mol. The van der Waals surface area contributed by atoms with E-state index in [1.807, 2.05) is 6.07 Å². The predicted octanol–water partition coefficient (Wildman–Crippen LogP) is 1.65. The Morgan fingerprint density at radius 3 is 3.00 bits per heavy atom. The van der Waals surface area contributed by atoms with E-state index in [0.29, 0.717) is 23.2 Å². The molecule has 0 aromatic carbocycles. The van der Waals surface area contributed by atoms with E-state index in [9.17, 15) is 0 Å². The average molecular weight is 222 g/mol. The van der Waals surface area contributed by atoms with Crippen LogP contribution in [0.15, 0.2) is 27.8 Å². The van der Waals surface area contributed by atoms with E-state index in [4.69, 9.17) is 10.2 Å². The molecule has 0 fully saturated rings. The fourth-order valence-electron chi connectivity index (χ4n) is 1.06. The second-order valence-electron chi connectivity index (χ2n) is 2.92. The highest BCUT2D eigenvalue weighted by Crippen LogP contribution is 2.26. The van der Waals surface area contributed by atoms with E-state index in [1.165, 1.54) is 0 Å². The Morgan fingerprint density at radius 2 is 2.33 bits per heavy atom. The van der Waals surface area contributed by atoms with Gasteiger partial charge in [-0.1, -0.05) is 0 Å². The molecule has 0 amide bonds. The van der Waals surface area contributed by atoms with Crippen LogP contribution < -0.4 is 5.73 Å². The summed E-state index contributed by atoms with van der Waals surface area (Å²) in [6.45, 7) is 1.77. The Kier molecular flexibility index (Phi) is 2.86. The number of nitrogens with two attached hydrogens (primary N) is 1. The molecule has 0 aliphatic heterocycles. The lowest BCUT2D eigenvalue weighted by atomic mass is 10.4. The van der Waals surface area contributed by atoms with Crippen LogP contribution in [0.1, 0.15) is 11.8 Å². The number of nitrogen functional groups attached to an aromatic ring is 1. The molecule has 78 valence electrons. The number of rotatable bonds is 3. The van der Waals surface area contributed by atoms with Crippen molar-refractivity contribution in [3.63, 3.8) is 0 Å². The molecule has 0 bridgehead atoms. The molecule has 6 heteroatoms. The molecule has 0 spiro atoms. The van der Waals surface area contributed by atoms with Gasteiger partial charge in [0.05, 0.1) is 17.6 Å². The molecule has 0 atom stereocenters. The molecule has 2 rings (SSSR count). The summed E-state index contributed by atoms with van der Waals surface area (Å²) in [5, 5.41) is 7.64. The van der Waals surface area contributed by atoms with Crippen molar-refractivity contribution in [2.24, 2.45) is 0 Å². The van der Waals surface area contributed by atoms with Gasteiger partial charge in [-0.25, -0.2) is 0 Å². The number of hydrogen-bond donors (Lipinski definition) is 1. The van der Waals surface area contributed by atoms with E-state index in [0.717, 1.165) is 4.90 Å². The Morgan fingerprint density at radius 1 is 1.47 bits per heavy atom. The van der Waals surface area contributed by atoms with Crippen molar-refractivity contribution in [3.8, 4) is 0 Å². The molecule has 0 radical (unpaired) electrons. The van der Waals surface area contributed by atoms with Crippen LogP contribution in [0.25, 0.3) is 0 Å². The van der Waals surface area contributed by atoms with Crippen molar-refractivity contribution in [1.29, 1.82) is 0 Å². The first-order chi connectivity index (χ1) is 7.25. The van der Waals surface area contributed by atoms with Crippen molar-refractivity contribution in [3.05, 3.63) is 30.2 Å². The Hall–Kier alpha value is -1.56. The van der Waals surface area contributed by atoms with Gasteiger partial charge in [-0.15, -0.1) is 22.0 Å². The lowest BCUT2D eigenvalue weighted by Crippen LogP contribution is -1.89. The summed E-state index contributed by atoms with van der Waals surface area (Å²) in [5.41, 5.74) is 6.41. The minimum Gasteiger partial charge on any atom is -0.425 e. The molecule has 5 nitrogen and oxygen atoms in total. The van der Waals surface area contributed by atoms with E-state index < -0.39 is 0 Å². The Labute approximate surface area is 91.1 Å². The predicted molar refractivity (Wildman–Crippen MR) is 57.2 cm³/mol. The SMILES string of the molecule is Cc1nnc(CSc2ccncc2N)o1. The topological polar surface area (TPSA) is 77.8 Å². The largest absolute Gasteiger partial charge is 0.425 e. The molecule has 2 N–H and O–H groups in total. The van der Waals surface area contributed by atoms with Gasteiger partial charge in [0.1, 0.15) is 0 Å². The van der Waals surface area contributed by atoms with Crippen molar-refractivity contribution in [2.45, 2.75) is 17.6 Å². The second kappa shape index (κ2) is 4.31. The second-order valence-corrected chi connectivity index (χ2v) is 3.93. The number of aromatic nitrogens is 3. The quantitative estimate of drug-likeness (QED) is 0.795. The van der Waals surface area contributed by atoms with Crippen molar-refractivity contribution < 1.29 is 4.42 Å². The molecule has 15 heavy (non-hydrogen) atoms. The van der Waals surface area contributed by atoms with Crippen LogP contribution in [0.3, 0.4) is 0 Å². The van der Waals surface area contributed by atoms with Crippen molar-refractivity contribution in [2.75, 3.05) is 5.73 Å². The van der Waals surface area contributed by atoms with Crippen molar-refractivity contribution in [1.82, 2.24) is 15.2 Å². The minimum atomic E-state index is 0.577.